The molecule has 2 aromatic carbocycles. The summed E-state index contributed by atoms with van der Waals surface area (Å²) in [6, 6.07) is 12.5. The monoisotopic (exact) mass is 450 g/mol. The zero-order valence-corrected chi connectivity index (χ0v) is 18.0. The summed E-state index contributed by atoms with van der Waals surface area (Å²) < 4.78 is 2.79. The molecule has 0 bridgehead atoms. The Labute approximate surface area is 187 Å². The average Bonchev–Trinajstić information content (AvgIpc) is 3.27. The highest BCUT2D eigenvalue weighted by Gasteiger charge is 2.16. The van der Waals surface area contributed by atoms with Crippen LogP contribution in [-0.2, 0) is 11.3 Å². The number of aromatic nitrogens is 2. The van der Waals surface area contributed by atoms with Gasteiger partial charge >= 0.3 is 0 Å². The fourth-order valence-corrected chi connectivity index (χ4v) is 4.31. The topological polar surface area (TPSA) is 113 Å². The van der Waals surface area contributed by atoms with Gasteiger partial charge in [0.1, 0.15) is 11.3 Å². The third kappa shape index (κ3) is 4.75. The number of thiazole rings is 1. The summed E-state index contributed by atoms with van der Waals surface area (Å²) in [6.07, 6.45) is 2.71. The summed E-state index contributed by atoms with van der Waals surface area (Å²) in [5.41, 5.74) is 5.58. The van der Waals surface area contributed by atoms with Crippen molar-refractivity contribution in [2.24, 2.45) is 0 Å². The molecule has 2 heterocycles. The lowest BCUT2D eigenvalue weighted by Crippen LogP contribution is -2.24. The average molecular weight is 451 g/mol. The third-order valence-electron chi connectivity index (χ3n) is 5.19. The quantitative estimate of drug-likeness (QED) is 0.336. The highest BCUT2D eigenvalue weighted by Crippen LogP contribution is 2.22. The van der Waals surface area contributed by atoms with Gasteiger partial charge in [0, 0.05) is 43.2 Å². The van der Waals surface area contributed by atoms with Gasteiger partial charge in [0.05, 0.1) is 21.2 Å². The summed E-state index contributed by atoms with van der Waals surface area (Å²) in [4.78, 5) is 42.1. The number of nitrogens with one attached hydrogen (secondary N) is 2. The fraction of sp³-hybridized carbons (Fsp3) is 0.217. The van der Waals surface area contributed by atoms with Crippen molar-refractivity contribution in [3.8, 4) is 0 Å². The van der Waals surface area contributed by atoms with Gasteiger partial charge in [-0.2, -0.15) is 0 Å². The number of ketones is 1. The lowest BCUT2D eigenvalue weighted by Gasteiger charge is -2.13. The van der Waals surface area contributed by atoms with E-state index in [4.69, 9.17) is 5.21 Å². The molecule has 0 aliphatic carbocycles. The Balaban J connectivity index is 1.59. The molecule has 8 nitrogen and oxygen atoms in total. The van der Waals surface area contributed by atoms with Crippen LogP contribution < -0.4 is 16.2 Å². The van der Waals surface area contributed by atoms with Gasteiger partial charge < -0.3 is 15.1 Å². The normalized spacial score (nSPS) is 11.2. The fourth-order valence-electron chi connectivity index (χ4n) is 3.59. The molecule has 0 unspecified atom stereocenters. The molecule has 0 aliphatic rings. The number of amides is 1. The van der Waals surface area contributed by atoms with Crippen LogP contribution in [-0.4, -0.2) is 33.0 Å². The summed E-state index contributed by atoms with van der Waals surface area (Å²) in [6.45, 7) is 0.698. The van der Waals surface area contributed by atoms with E-state index in [1.165, 1.54) is 11.3 Å². The van der Waals surface area contributed by atoms with Crippen molar-refractivity contribution < 1.29 is 14.8 Å². The highest BCUT2D eigenvalue weighted by molar-refractivity contribution is 7.16. The Bertz CT molecular complexity index is 1340. The number of anilines is 1. The smallest absolute Gasteiger partial charge is 0.261 e. The molecule has 0 saturated heterocycles. The molecule has 1 amide bonds. The predicted molar refractivity (Wildman–Crippen MR) is 124 cm³/mol. The maximum atomic E-state index is 13.0. The van der Waals surface area contributed by atoms with Crippen LogP contribution in [0, 0.1) is 0 Å². The first-order valence-corrected chi connectivity index (χ1v) is 11.1. The number of rotatable bonds is 9. The Morgan fingerprint density at radius 1 is 1.12 bits per heavy atom. The van der Waals surface area contributed by atoms with Crippen LogP contribution in [0.3, 0.4) is 0 Å². The number of nitrogens with zero attached hydrogens (tertiary/aromatic N) is 2. The van der Waals surface area contributed by atoms with Gasteiger partial charge in [-0.15, -0.1) is 11.3 Å². The van der Waals surface area contributed by atoms with Crippen molar-refractivity contribution in [3.05, 3.63) is 70.0 Å². The number of hydrogen-bond acceptors (Lipinski definition) is 7. The number of pyridine rings is 1. The van der Waals surface area contributed by atoms with E-state index in [1.54, 1.807) is 29.9 Å². The minimum atomic E-state index is -0.483. The number of para-hydroxylation sites is 1. The van der Waals surface area contributed by atoms with Crippen LogP contribution in [0.25, 0.3) is 21.1 Å². The van der Waals surface area contributed by atoms with Crippen molar-refractivity contribution in [2.45, 2.75) is 25.8 Å². The molecular formula is C23H22N4O4S. The minimum Gasteiger partial charge on any atom is -0.346 e. The van der Waals surface area contributed by atoms with Crippen LogP contribution in [0.5, 0.6) is 0 Å². The maximum absolute atomic E-state index is 13.0. The summed E-state index contributed by atoms with van der Waals surface area (Å²) in [7, 11) is 0. The first-order valence-electron chi connectivity index (χ1n) is 10.2. The number of hydroxylamine groups is 1. The van der Waals surface area contributed by atoms with Crippen LogP contribution in [0.2, 0.25) is 0 Å². The molecule has 0 saturated carbocycles. The van der Waals surface area contributed by atoms with Gasteiger partial charge in [-0.1, -0.05) is 12.1 Å². The highest BCUT2D eigenvalue weighted by atomic mass is 32.1. The van der Waals surface area contributed by atoms with E-state index < -0.39 is 5.91 Å². The van der Waals surface area contributed by atoms with E-state index in [0.717, 1.165) is 10.2 Å². The van der Waals surface area contributed by atoms with Gasteiger partial charge in [0.2, 0.25) is 5.43 Å². The van der Waals surface area contributed by atoms with E-state index in [2.05, 4.69) is 10.3 Å². The molecule has 3 N–H and O–H groups in total. The second-order valence-electron chi connectivity index (χ2n) is 7.37. The van der Waals surface area contributed by atoms with Gasteiger partial charge in [0.25, 0.3) is 5.91 Å². The predicted octanol–water partition coefficient (Wildman–Crippen LogP) is 3.58. The number of hydrogen-bond donors (Lipinski definition) is 3. The number of carbonyl (C=O) groups is 2. The number of aryl methyl sites for hydroxylation is 1. The molecule has 9 heteroatoms. The Hall–Kier alpha value is -3.40. The van der Waals surface area contributed by atoms with E-state index in [0.29, 0.717) is 36.0 Å². The first kappa shape index (κ1) is 21.8. The van der Waals surface area contributed by atoms with Gasteiger partial charge in [0.15, 0.2) is 0 Å². The van der Waals surface area contributed by atoms with Crippen LogP contribution in [0.1, 0.15) is 29.6 Å². The summed E-state index contributed by atoms with van der Waals surface area (Å²) >= 11 is 1.47. The number of Topliss-reactive ketones (excluding diaryl/α,β-unsaturated/α-hetero) is 1. The molecule has 2 aromatic heterocycles. The van der Waals surface area contributed by atoms with Crippen LogP contribution in [0.15, 0.2) is 59.0 Å². The van der Waals surface area contributed by atoms with Crippen molar-refractivity contribution in [1.82, 2.24) is 15.0 Å². The van der Waals surface area contributed by atoms with Crippen LogP contribution in [0.4, 0.5) is 5.69 Å². The van der Waals surface area contributed by atoms with Crippen molar-refractivity contribution in [3.63, 3.8) is 0 Å². The molecular weight excluding hydrogens is 428 g/mol. The summed E-state index contributed by atoms with van der Waals surface area (Å²) in [5.74, 6) is -0.447. The largest absolute Gasteiger partial charge is 0.346 e. The van der Waals surface area contributed by atoms with E-state index in [9.17, 15) is 14.4 Å². The molecule has 164 valence electrons. The first-order chi connectivity index (χ1) is 15.6. The Morgan fingerprint density at radius 2 is 1.97 bits per heavy atom. The molecule has 0 fully saturated rings. The lowest BCUT2D eigenvalue weighted by atomic mass is 10.1. The second kappa shape index (κ2) is 9.82. The Kier molecular flexibility index (Phi) is 6.69. The van der Waals surface area contributed by atoms with Crippen molar-refractivity contribution >= 4 is 49.8 Å². The second-order valence-corrected chi connectivity index (χ2v) is 8.26. The zero-order valence-electron chi connectivity index (χ0n) is 17.2. The molecule has 32 heavy (non-hydrogen) atoms. The van der Waals surface area contributed by atoms with Gasteiger partial charge in [-0.25, -0.2) is 10.5 Å². The van der Waals surface area contributed by atoms with Gasteiger partial charge in [-0.3, -0.25) is 14.4 Å². The van der Waals surface area contributed by atoms with Crippen molar-refractivity contribution in [2.75, 3.05) is 11.9 Å². The SMILES string of the molecule is O=C(CCCn1cc(C(=O)Nc2ccc3ncsc3c2)c(=O)c2ccccc21)CCNO. The van der Waals surface area contributed by atoms with E-state index in [1.807, 2.05) is 34.3 Å². The minimum absolute atomic E-state index is 0.0355. The number of carbonyl (C=O) groups excluding carboxylic acids is 2. The van der Waals surface area contributed by atoms with E-state index >= 15 is 0 Å². The Morgan fingerprint density at radius 3 is 2.81 bits per heavy atom. The summed E-state index contributed by atoms with van der Waals surface area (Å²) in [5, 5.41) is 11.9. The molecule has 4 rings (SSSR count). The van der Waals surface area contributed by atoms with E-state index in [-0.39, 0.29) is 29.7 Å². The lowest BCUT2D eigenvalue weighted by molar-refractivity contribution is -0.119. The maximum Gasteiger partial charge on any atom is 0.261 e. The number of fused-ring (bicyclic) bond motifs is 2. The third-order valence-corrected chi connectivity index (χ3v) is 5.98. The molecule has 0 aliphatic heterocycles. The number of benzene rings is 2. The molecule has 4 aromatic rings. The molecule has 0 spiro atoms. The standard InChI is InChI=1S/C23H22N4O4S/c28-16(9-10-25-31)4-3-11-27-13-18(22(29)17-5-1-2-6-20(17)27)23(30)26-15-7-8-19-21(12-15)32-14-24-19/h1-2,5-8,12-14,25,31H,3-4,9-11H2,(H,26,30). The molecule has 0 atom stereocenters. The van der Waals surface area contributed by atoms with Crippen molar-refractivity contribution in [1.29, 1.82) is 0 Å². The zero-order chi connectivity index (χ0) is 22.5. The van der Waals surface area contributed by atoms with Gasteiger partial charge in [-0.05, 0) is 36.8 Å². The van der Waals surface area contributed by atoms with Crippen LogP contribution >= 0.6 is 11.3 Å². The molecule has 0 radical (unpaired) electrons.